The molecule has 0 aliphatic carbocycles. The van der Waals surface area contributed by atoms with Crippen LogP contribution < -0.4 is 5.32 Å². The third kappa shape index (κ3) is 4.88. The summed E-state index contributed by atoms with van der Waals surface area (Å²) >= 11 is 7.60. The molecule has 0 heterocycles. The van der Waals surface area contributed by atoms with Gasteiger partial charge in [0.1, 0.15) is 0 Å². The summed E-state index contributed by atoms with van der Waals surface area (Å²) in [6.45, 7) is 0. The zero-order chi connectivity index (χ0) is 17.5. The van der Waals surface area contributed by atoms with Gasteiger partial charge in [0, 0.05) is 4.90 Å². The van der Waals surface area contributed by atoms with Gasteiger partial charge in [0.2, 0.25) is 5.91 Å². The van der Waals surface area contributed by atoms with Gasteiger partial charge >= 0.3 is 0 Å². The molecule has 25 heavy (non-hydrogen) atoms. The third-order valence-electron chi connectivity index (χ3n) is 3.77. The molecule has 0 aromatic heterocycles. The van der Waals surface area contributed by atoms with Crippen molar-refractivity contribution in [1.29, 1.82) is 0 Å². The molecule has 126 valence electrons. The monoisotopic (exact) mass is 367 g/mol. The molecule has 1 amide bonds. The zero-order valence-corrected chi connectivity index (χ0v) is 15.1. The Morgan fingerprint density at radius 2 is 1.36 bits per heavy atom. The number of hydrogen-bond donors (Lipinski definition) is 1. The topological polar surface area (TPSA) is 29.1 Å². The van der Waals surface area contributed by atoms with Gasteiger partial charge in [0.05, 0.1) is 16.8 Å². The van der Waals surface area contributed by atoms with Crippen molar-refractivity contribution in [3.8, 4) is 0 Å². The molecular weight excluding hydrogens is 350 g/mol. The van der Waals surface area contributed by atoms with Crippen molar-refractivity contribution >= 4 is 29.3 Å². The quantitative estimate of drug-likeness (QED) is 0.596. The van der Waals surface area contributed by atoms with E-state index in [-0.39, 0.29) is 11.9 Å². The van der Waals surface area contributed by atoms with Gasteiger partial charge in [-0.25, -0.2) is 0 Å². The first kappa shape index (κ1) is 17.6. The highest BCUT2D eigenvalue weighted by molar-refractivity contribution is 8.00. The van der Waals surface area contributed by atoms with Crippen molar-refractivity contribution < 1.29 is 4.79 Å². The molecule has 2 nitrogen and oxygen atoms in total. The van der Waals surface area contributed by atoms with Crippen LogP contribution in [0.1, 0.15) is 17.2 Å². The molecule has 0 saturated heterocycles. The number of carbonyl (C=O) groups is 1. The molecule has 0 aliphatic rings. The van der Waals surface area contributed by atoms with E-state index >= 15 is 0 Å². The van der Waals surface area contributed by atoms with E-state index in [1.165, 1.54) is 11.8 Å². The SMILES string of the molecule is O=C(CSc1ccccc1Cl)NC(c1ccccc1)c1ccccc1. The summed E-state index contributed by atoms with van der Waals surface area (Å²) in [5.74, 6) is 0.294. The Labute approximate surface area is 157 Å². The second kappa shape index (κ2) is 8.75. The van der Waals surface area contributed by atoms with Crippen molar-refractivity contribution in [2.45, 2.75) is 10.9 Å². The lowest BCUT2D eigenvalue weighted by Crippen LogP contribution is -2.30. The molecule has 0 atom stereocenters. The lowest BCUT2D eigenvalue weighted by molar-refractivity contribution is -0.119. The van der Waals surface area contributed by atoms with Gasteiger partial charge in [-0.2, -0.15) is 0 Å². The van der Waals surface area contributed by atoms with E-state index in [2.05, 4.69) is 5.32 Å². The molecule has 0 aliphatic heterocycles. The largest absolute Gasteiger partial charge is 0.344 e. The fourth-order valence-electron chi connectivity index (χ4n) is 2.56. The summed E-state index contributed by atoms with van der Waals surface area (Å²) in [7, 11) is 0. The molecule has 0 unspecified atom stereocenters. The molecule has 0 fully saturated rings. The number of hydrogen-bond acceptors (Lipinski definition) is 2. The van der Waals surface area contributed by atoms with Crippen LogP contribution in [-0.2, 0) is 4.79 Å². The molecular formula is C21H18ClNOS. The number of halogens is 1. The molecule has 0 saturated carbocycles. The Kier molecular flexibility index (Phi) is 6.15. The van der Waals surface area contributed by atoms with E-state index in [0.717, 1.165) is 16.0 Å². The minimum atomic E-state index is -0.165. The van der Waals surface area contributed by atoms with Crippen LogP contribution in [0, 0.1) is 0 Å². The zero-order valence-electron chi connectivity index (χ0n) is 13.6. The van der Waals surface area contributed by atoms with Crippen LogP contribution in [-0.4, -0.2) is 11.7 Å². The fourth-order valence-corrected chi connectivity index (χ4v) is 3.61. The van der Waals surface area contributed by atoms with Gasteiger partial charge in [0.15, 0.2) is 0 Å². The highest BCUT2D eigenvalue weighted by atomic mass is 35.5. The predicted molar refractivity (Wildman–Crippen MR) is 105 cm³/mol. The van der Waals surface area contributed by atoms with E-state index in [4.69, 9.17) is 11.6 Å². The maximum absolute atomic E-state index is 12.5. The number of thioether (sulfide) groups is 1. The predicted octanol–water partition coefficient (Wildman–Crippen LogP) is 5.34. The molecule has 0 spiro atoms. The van der Waals surface area contributed by atoms with E-state index in [1.807, 2.05) is 84.9 Å². The summed E-state index contributed by atoms with van der Waals surface area (Å²) in [5, 5.41) is 3.81. The maximum Gasteiger partial charge on any atom is 0.231 e. The second-order valence-corrected chi connectivity index (χ2v) is 6.97. The lowest BCUT2D eigenvalue weighted by Gasteiger charge is -2.20. The van der Waals surface area contributed by atoms with E-state index in [0.29, 0.717) is 10.8 Å². The average Bonchev–Trinajstić information content (AvgIpc) is 2.67. The Hall–Kier alpha value is -2.23. The van der Waals surface area contributed by atoms with Crippen molar-refractivity contribution in [3.05, 3.63) is 101 Å². The molecule has 4 heteroatoms. The maximum atomic E-state index is 12.5. The Morgan fingerprint density at radius 3 is 1.92 bits per heavy atom. The Morgan fingerprint density at radius 1 is 0.840 bits per heavy atom. The first-order chi connectivity index (χ1) is 12.2. The number of rotatable bonds is 6. The van der Waals surface area contributed by atoms with Gasteiger partial charge in [-0.05, 0) is 23.3 Å². The summed E-state index contributed by atoms with van der Waals surface area (Å²) in [5.41, 5.74) is 2.12. The summed E-state index contributed by atoms with van der Waals surface area (Å²) < 4.78 is 0. The van der Waals surface area contributed by atoms with Crippen LogP contribution in [0.5, 0.6) is 0 Å². The van der Waals surface area contributed by atoms with Gasteiger partial charge in [-0.3, -0.25) is 4.79 Å². The minimum Gasteiger partial charge on any atom is -0.344 e. The van der Waals surface area contributed by atoms with E-state index in [1.54, 1.807) is 0 Å². The van der Waals surface area contributed by atoms with E-state index in [9.17, 15) is 4.79 Å². The highest BCUT2D eigenvalue weighted by Crippen LogP contribution is 2.27. The first-order valence-electron chi connectivity index (χ1n) is 8.00. The highest BCUT2D eigenvalue weighted by Gasteiger charge is 2.16. The minimum absolute atomic E-state index is 0.0253. The Bertz CT molecular complexity index is 784. The van der Waals surface area contributed by atoms with Crippen LogP contribution >= 0.6 is 23.4 Å². The number of nitrogens with one attached hydrogen (secondary N) is 1. The van der Waals surface area contributed by atoms with Crippen molar-refractivity contribution in [2.24, 2.45) is 0 Å². The van der Waals surface area contributed by atoms with Gasteiger partial charge in [0.25, 0.3) is 0 Å². The van der Waals surface area contributed by atoms with Crippen LogP contribution in [0.15, 0.2) is 89.8 Å². The average molecular weight is 368 g/mol. The standard InChI is InChI=1S/C21H18ClNOS/c22-18-13-7-8-14-19(18)25-15-20(24)23-21(16-9-3-1-4-10-16)17-11-5-2-6-12-17/h1-14,21H,15H2,(H,23,24). The first-order valence-corrected chi connectivity index (χ1v) is 9.37. The van der Waals surface area contributed by atoms with Gasteiger partial charge < -0.3 is 5.32 Å². The molecule has 1 N–H and O–H groups in total. The summed E-state index contributed by atoms with van der Waals surface area (Å²) in [6, 6.07) is 27.4. The smallest absolute Gasteiger partial charge is 0.231 e. The molecule has 0 bridgehead atoms. The van der Waals surface area contributed by atoms with Gasteiger partial charge in [-0.15, -0.1) is 11.8 Å². The molecule has 3 aromatic rings. The van der Waals surface area contributed by atoms with Crippen molar-refractivity contribution in [3.63, 3.8) is 0 Å². The number of benzene rings is 3. The van der Waals surface area contributed by atoms with Crippen LogP contribution in [0.25, 0.3) is 0 Å². The van der Waals surface area contributed by atoms with Crippen LogP contribution in [0.4, 0.5) is 0 Å². The number of carbonyl (C=O) groups excluding carboxylic acids is 1. The molecule has 0 radical (unpaired) electrons. The van der Waals surface area contributed by atoms with Gasteiger partial charge in [-0.1, -0.05) is 84.4 Å². The van der Waals surface area contributed by atoms with Crippen molar-refractivity contribution in [1.82, 2.24) is 5.32 Å². The lowest BCUT2D eigenvalue weighted by atomic mass is 9.99. The number of amides is 1. The Balaban J connectivity index is 1.72. The van der Waals surface area contributed by atoms with E-state index < -0.39 is 0 Å². The molecule has 3 aromatic carbocycles. The van der Waals surface area contributed by atoms with Crippen LogP contribution in [0.2, 0.25) is 5.02 Å². The third-order valence-corrected chi connectivity index (χ3v) is 5.28. The van der Waals surface area contributed by atoms with Crippen molar-refractivity contribution in [2.75, 3.05) is 5.75 Å². The summed E-state index contributed by atoms with van der Waals surface area (Å²) in [6.07, 6.45) is 0. The molecule has 3 rings (SSSR count). The second-order valence-electron chi connectivity index (χ2n) is 5.54. The summed E-state index contributed by atoms with van der Waals surface area (Å²) in [4.78, 5) is 13.4. The fraction of sp³-hybridized carbons (Fsp3) is 0.0952. The normalized spacial score (nSPS) is 10.6. The van der Waals surface area contributed by atoms with Crippen LogP contribution in [0.3, 0.4) is 0 Å².